The lowest BCUT2D eigenvalue weighted by molar-refractivity contribution is -0.132. The van der Waals surface area contributed by atoms with Crippen LogP contribution in [0.5, 0.6) is 0 Å². The predicted octanol–water partition coefficient (Wildman–Crippen LogP) is 1.84. The number of carbonyl (C=O) groups excluding carboxylic acids is 2. The largest absolute Gasteiger partial charge is 0.361 e. The van der Waals surface area contributed by atoms with Gasteiger partial charge in [0.1, 0.15) is 11.5 Å². The SMILES string of the molecule is C=CC(=O)N1CCC(C(=O)NCc2noc3c2CC(F)(F)CC3)CC1. The molecule has 1 aliphatic carbocycles. The Morgan fingerprint density at radius 1 is 1.40 bits per heavy atom. The Balaban J connectivity index is 1.53. The first-order chi connectivity index (χ1) is 11.9. The van der Waals surface area contributed by atoms with Crippen molar-refractivity contribution in [2.24, 2.45) is 5.92 Å². The summed E-state index contributed by atoms with van der Waals surface area (Å²) in [5, 5.41) is 6.60. The van der Waals surface area contributed by atoms with Crippen molar-refractivity contribution in [1.82, 2.24) is 15.4 Å². The van der Waals surface area contributed by atoms with E-state index in [1.54, 1.807) is 4.90 Å². The molecule has 3 rings (SSSR count). The summed E-state index contributed by atoms with van der Waals surface area (Å²) in [6.07, 6.45) is 1.95. The topological polar surface area (TPSA) is 75.4 Å². The van der Waals surface area contributed by atoms with Gasteiger partial charge in [0.05, 0.1) is 6.54 Å². The normalized spacial score (nSPS) is 20.0. The van der Waals surface area contributed by atoms with Gasteiger partial charge in [0.2, 0.25) is 11.8 Å². The molecule has 1 aromatic heterocycles. The van der Waals surface area contributed by atoms with Crippen LogP contribution in [0.15, 0.2) is 17.2 Å². The van der Waals surface area contributed by atoms with Crippen molar-refractivity contribution < 1.29 is 22.9 Å². The van der Waals surface area contributed by atoms with Crippen LogP contribution in [0.3, 0.4) is 0 Å². The zero-order valence-electron chi connectivity index (χ0n) is 13.9. The van der Waals surface area contributed by atoms with Crippen molar-refractivity contribution in [3.8, 4) is 0 Å². The second-order valence-electron chi connectivity index (χ2n) is 6.59. The van der Waals surface area contributed by atoms with Crippen molar-refractivity contribution in [1.29, 1.82) is 0 Å². The maximum atomic E-state index is 13.6. The maximum absolute atomic E-state index is 13.6. The van der Waals surface area contributed by atoms with Gasteiger partial charge < -0.3 is 14.7 Å². The van der Waals surface area contributed by atoms with E-state index in [-0.39, 0.29) is 43.5 Å². The number of fused-ring (bicyclic) bond motifs is 1. The Kier molecular flexibility index (Phi) is 4.87. The van der Waals surface area contributed by atoms with E-state index in [1.807, 2.05) is 0 Å². The number of likely N-dealkylation sites (tertiary alicyclic amines) is 1. The molecule has 1 N–H and O–H groups in total. The number of rotatable bonds is 4. The molecule has 2 amide bonds. The average Bonchev–Trinajstić information content (AvgIpc) is 3.00. The second-order valence-corrected chi connectivity index (χ2v) is 6.59. The van der Waals surface area contributed by atoms with E-state index in [0.717, 1.165) is 0 Å². The number of halogens is 2. The van der Waals surface area contributed by atoms with Crippen LogP contribution in [-0.4, -0.2) is 40.9 Å². The van der Waals surface area contributed by atoms with Crippen LogP contribution in [0.2, 0.25) is 0 Å². The van der Waals surface area contributed by atoms with E-state index >= 15 is 0 Å². The minimum atomic E-state index is -2.75. The summed E-state index contributed by atoms with van der Waals surface area (Å²) in [4.78, 5) is 25.5. The van der Waals surface area contributed by atoms with Gasteiger partial charge in [0.15, 0.2) is 0 Å². The second kappa shape index (κ2) is 6.93. The van der Waals surface area contributed by atoms with E-state index in [9.17, 15) is 18.4 Å². The molecule has 0 bridgehead atoms. The molecule has 1 fully saturated rings. The van der Waals surface area contributed by atoms with Gasteiger partial charge in [0.25, 0.3) is 5.92 Å². The highest BCUT2D eigenvalue weighted by Gasteiger charge is 2.38. The minimum absolute atomic E-state index is 0.0829. The maximum Gasteiger partial charge on any atom is 0.252 e. The zero-order chi connectivity index (χ0) is 18.0. The molecule has 0 aromatic carbocycles. The number of piperidine rings is 1. The van der Waals surface area contributed by atoms with Crippen molar-refractivity contribution in [2.75, 3.05) is 13.1 Å². The van der Waals surface area contributed by atoms with Gasteiger partial charge >= 0.3 is 0 Å². The summed E-state index contributed by atoms with van der Waals surface area (Å²) in [6, 6.07) is 0. The molecular formula is C17H21F2N3O3. The third kappa shape index (κ3) is 3.88. The molecule has 0 radical (unpaired) electrons. The lowest BCUT2D eigenvalue weighted by Crippen LogP contribution is -2.42. The van der Waals surface area contributed by atoms with Crippen LogP contribution in [0.25, 0.3) is 0 Å². The molecule has 136 valence electrons. The van der Waals surface area contributed by atoms with Crippen LogP contribution in [0, 0.1) is 5.92 Å². The van der Waals surface area contributed by atoms with Crippen molar-refractivity contribution in [3.05, 3.63) is 29.7 Å². The fraction of sp³-hybridized carbons (Fsp3) is 0.588. The highest BCUT2D eigenvalue weighted by atomic mass is 19.3. The number of amides is 2. The first kappa shape index (κ1) is 17.6. The summed E-state index contributed by atoms with van der Waals surface area (Å²) in [6.45, 7) is 4.55. The standard InChI is InChI=1S/C17H21F2N3O3/c1-2-15(23)22-7-4-11(5-8-22)16(24)20-10-13-12-9-17(18,19)6-3-14(12)25-21-13/h2,11H,1,3-10H2,(H,20,24). The van der Waals surface area contributed by atoms with E-state index in [4.69, 9.17) is 4.52 Å². The Hall–Kier alpha value is -2.25. The molecule has 6 nitrogen and oxygen atoms in total. The van der Waals surface area contributed by atoms with Crippen LogP contribution in [-0.2, 0) is 29.0 Å². The van der Waals surface area contributed by atoms with Crippen LogP contribution >= 0.6 is 0 Å². The molecule has 1 saturated heterocycles. The Morgan fingerprint density at radius 2 is 2.12 bits per heavy atom. The smallest absolute Gasteiger partial charge is 0.252 e. The first-order valence-corrected chi connectivity index (χ1v) is 8.43. The number of hydrogen-bond donors (Lipinski definition) is 1. The number of nitrogens with zero attached hydrogens (tertiary/aromatic N) is 2. The average molecular weight is 353 g/mol. The molecule has 0 saturated carbocycles. The lowest BCUT2D eigenvalue weighted by atomic mass is 9.93. The van der Waals surface area contributed by atoms with Crippen molar-refractivity contribution in [3.63, 3.8) is 0 Å². The molecule has 2 heterocycles. The molecule has 8 heteroatoms. The van der Waals surface area contributed by atoms with Gasteiger partial charge in [-0.3, -0.25) is 9.59 Å². The van der Waals surface area contributed by atoms with Gasteiger partial charge in [-0.05, 0) is 18.9 Å². The molecule has 25 heavy (non-hydrogen) atoms. The predicted molar refractivity (Wildman–Crippen MR) is 84.8 cm³/mol. The molecule has 2 aliphatic rings. The van der Waals surface area contributed by atoms with Gasteiger partial charge in [-0.25, -0.2) is 8.78 Å². The molecule has 1 aromatic rings. The summed E-state index contributed by atoms with van der Waals surface area (Å²) >= 11 is 0. The van der Waals surface area contributed by atoms with Crippen LogP contribution in [0.4, 0.5) is 8.78 Å². The van der Waals surface area contributed by atoms with Gasteiger partial charge in [-0.15, -0.1) is 0 Å². The van der Waals surface area contributed by atoms with E-state index in [1.165, 1.54) is 6.08 Å². The number of hydrogen-bond acceptors (Lipinski definition) is 4. The van der Waals surface area contributed by atoms with Crippen molar-refractivity contribution >= 4 is 11.8 Å². The molecule has 0 spiro atoms. The van der Waals surface area contributed by atoms with Crippen molar-refractivity contribution in [2.45, 2.75) is 44.6 Å². The number of nitrogens with one attached hydrogen (secondary N) is 1. The summed E-state index contributed by atoms with van der Waals surface area (Å²) < 4.78 is 32.3. The fourth-order valence-electron chi connectivity index (χ4n) is 3.37. The fourth-order valence-corrected chi connectivity index (χ4v) is 3.37. The third-order valence-electron chi connectivity index (χ3n) is 4.89. The van der Waals surface area contributed by atoms with E-state index in [0.29, 0.717) is 42.9 Å². The highest BCUT2D eigenvalue weighted by Crippen LogP contribution is 2.34. The Morgan fingerprint density at radius 3 is 2.80 bits per heavy atom. The van der Waals surface area contributed by atoms with Crippen LogP contribution in [0.1, 0.15) is 36.3 Å². The first-order valence-electron chi connectivity index (χ1n) is 8.43. The number of aryl methyl sites for hydroxylation is 1. The zero-order valence-corrected chi connectivity index (χ0v) is 13.9. The molecular weight excluding hydrogens is 332 g/mol. The van der Waals surface area contributed by atoms with Crippen LogP contribution < -0.4 is 5.32 Å². The van der Waals surface area contributed by atoms with Gasteiger partial charge in [0, 0.05) is 43.8 Å². The summed E-state index contributed by atoms with van der Waals surface area (Å²) in [5.41, 5.74) is 0.796. The Labute approximate surface area is 144 Å². The Bertz CT molecular complexity index is 679. The lowest BCUT2D eigenvalue weighted by Gasteiger charge is -2.30. The third-order valence-corrected chi connectivity index (χ3v) is 4.89. The molecule has 1 aliphatic heterocycles. The quantitative estimate of drug-likeness (QED) is 0.838. The number of aromatic nitrogens is 1. The summed E-state index contributed by atoms with van der Waals surface area (Å²) in [7, 11) is 0. The van der Waals surface area contributed by atoms with E-state index in [2.05, 4.69) is 17.1 Å². The van der Waals surface area contributed by atoms with E-state index < -0.39 is 5.92 Å². The molecule has 0 atom stereocenters. The monoisotopic (exact) mass is 353 g/mol. The number of carbonyl (C=O) groups is 2. The number of alkyl halides is 2. The summed E-state index contributed by atoms with van der Waals surface area (Å²) in [5.74, 6) is -2.73. The van der Waals surface area contributed by atoms with Gasteiger partial charge in [-0.2, -0.15) is 0 Å². The van der Waals surface area contributed by atoms with Gasteiger partial charge in [-0.1, -0.05) is 11.7 Å². The highest BCUT2D eigenvalue weighted by molar-refractivity contribution is 5.87. The minimum Gasteiger partial charge on any atom is -0.361 e. The molecule has 0 unspecified atom stereocenters.